The van der Waals surface area contributed by atoms with Gasteiger partial charge >= 0.3 is 0 Å². The van der Waals surface area contributed by atoms with E-state index in [1.165, 1.54) is 24.1 Å². The van der Waals surface area contributed by atoms with Gasteiger partial charge in [0.15, 0.2) is 11.5 Å². The Morgan fingerprint density at radius 3 is 2.70 bits per heavy atom. The minimum atomic E-state index is -1.06. The summed E-state index contributed by atoms with van der Waals surface area (Å²) < 4.78 is 49.9. The first-order valence-corrected chi connectivity index (χ1v) is 10.1. The van der Waals surface area contributed by atoms with Gasteiger partial charge in [-0.3, -0.25) is 9.36 Å². The maximum Gasteiger partial charge on any atom is 0.277 e. The number of hydrogen-bond donors (Lipinski definition) is 1. The van der Waals surface area contributed by atoms with Crippen LogP contribution >= 0.6 is 0 Å². The number of piperidine rings is 1. The lowest BCUT2D eigenvalue weighted by Crippen LogP contribution is -2.46. The Morgan fingerprint density at radius 1 is 1.27 bits per heavy atom. The largest absolute Gasteiger partial charge is 0.479 e. The third-order valence-electron chi connectivity index (χ3n) is 5.36. The van der Waals surface area contributed by atoms with Crippen molar-refractivity contribution in [1.29, 1.82) is 5.26 Å². The Kier molecular flexibility index (Phi) is 6.02. The van der Waals surface area contributed by atoms with Gasteiger partial charge in [-0.05, 0) is 31.0 Å². The summed E-state index contributed by atoms with van der Waals surface area (Å²) in [7, 11) is 1.23. The van der Waals surface area contributed by atoms with Crippen molar-refractivity contribution < 1.29 is 22.7 Å². The van der Waals surface area contributed by atoms with Gasteiger partial charge in [-0.2, -0.15) is 9.65 Å². The molecule has 0 aliphatic carbocycles. The molecule has 170 valence electrons. The van der Waals surface area contributed by atoms with E-state index in [2.05, 4.69) is 9.97 Å². The van der Waals surface area contributed by atoms with E-state index < -0.39 is 29.2 Å². The van der Waals surface area contributed by atoms with Crippen molar-refractivity contribution in [3.8, 4) is 29.0 Å². The van der Waals surface area contributed by atoms with Crippen molar-refractivity contribution in [2.75, 3.05) is 20.2 Å². The molecule has 33 heavy (non-hydrogen) atoms. The number of carbonyl (C=O) groups is 1. The summed E-state index contributed by atoms with van der Waals surface area (Å²) >= 11 is 0. The SMILES string of the molecule is COc1ncc(-n2c(-c3ccc(C#N)c(F)c3)nc(C(=O)N3CCC[C@@H](N)C3)c2F)cc1F. The summed E-state index contributed by atoms with van der Waals surface area (Å²) in [6.07, 6.45) is 2.55. The predicted molar refractivity (Wildman–Crippen MR) is 111 cm³/mol. The molecule has 3 aromatic rings. The zero-order chi connectivity index (χ0) is 23.7. The highest BCUT2D eigenvalue weighted by molar-refractivity contribution is 5.93. The van der Waals surface area contributed by atoms with E-state index in [0.29, 0.717) is 13.0 Å². The van der Waals surface area contributed by atoms with Crippen LogP contribution in [0.2, 0.25) is 0 Å². The van der Waals surface area contributed by atoms with Crippen molar-refractivity contribution >= 4 is 5.91 Å². The van der Waals surface area contributed by atoms with Gasteiger partial charge in [0.25, 0.3) is 5.91 Å². The highest BCUT2D eigenvalue weighted by atomic mass is 19.1. The van der Waals surface area contributed by atoms with Gasteiger partial charge in [-0.15, -0.1) is 0 Å². The first kappa shape index (κ1) is 22.3. The van der Waals surface area contributed by atoms with Crippen molar-refractivity contribution in [3.63, 3.8) is 0 Å². The normalized spacial score (nSPS) is 15.9. The molecule has 1 aromatic carbocycles. The third-order valence-corrected chi connectivity index (χ3v) is 5.36. The number of methoxy groups -OCH3 is 1. The fourth-order valence-corrected chi connectivity index (χ4v) is 3.74. The predicted octanol–water partition coefficient (Wildman–Crippen LogP) is 2.80. The molecule has 1 amide bonds. The maximum absolute atomic E-state index is 15.6. The van der Waals surface area contributed by atoms with Gasteiger partial charge in [0.1, 0.15) is 17.7 Å². The second kappa shape index (κ2) is 8.91. The van der Waals surface area contributed by atoms with Gasteiger partial charge in [0, 0.05) is 30.8 Å². The second-order valence-electron chi connectivity index (χ2n) is 7.55. The molecule has 0 saturated carbocycles. The van der Waals surface area contributed by atoms with Crippen LogP contribution < -0.4 is 10.5 Å². The number of amides is 1. The van der Waals surface area contributed by atoms with E-state index in [9.17, 15) is 13.6 Å². The van der Waals surface area contributed by atoms with Crippen LogP contribution in [0.4, 0.5) is 13.2 Å². The topological polar surface area (TPSA) is 110 Å². The highest BCUT2D eigenvalue weighted by Crippen LogP contribution is 2.29. The molecule has 1 saturated heterocycles. The summed E-state index contributed by atoms with van der Waals surface area (Å²) in [5.74, 6) is -3.92. The summed E-state index contributed by atoms with van der Waals surface area (Å²) in [5, 5.41) is 8.99. The van der Waals surface area contributed by atoms with Gasteiger partial charge in [-0.1, -0.05) is 0 Å². The molecule has 0 radical (unpaired) electrons. The Bertz CT molecular complexity index is 1270. The molecule has 0 unspecified atom stereocenters. The number of ether oxygens (including phenoxy) is 1. The van der Waals surface area contributed by atoms with Crippen LogP contribution in [-0.4, -0.2) is 51.6 Å². The van der Waals surface area contributed by atoms with Gasteiger partial charge in [-0.25, -0.2) is 18.7 Å². The average Bonchev–Trinajstić information content (AvgIpc) is 3.15. The van der Waals surface area contributed by atoms with Crippen LogP contribution in [-0.2, 0) is 0 Å². The van der Waals surface area contributed by atoms with E-state index in [4.69, 9.17) is 15.7 Å². The fraction of sp³-hybridized carbons (Fsp3) is 0.273. The number of aromatic nitrogens is 3. The molecular formula is C22H19F3N6O2. The number of rotatable bonds is 4. The number of carbonyl (C=O) groups excluding carboxylic acids is 1. The Labute approximate surface area is 187 Å². The average molecular weight is 456 g/mol. The number of pyridine rings is 1. The monoisotopic (exact) mass is 456 g/mol. The minimum Gasteiger partial charge on any atom is -0.479 e. The molecule has 2 aromatic heterocycles. The van der Waals surface area contributed by atoms with Crippen LogP contribution in [0, 0.1) is 28.9 Å². The van der Waals surface area contributed by atoms with Crippen molar-refractivity contribution in [3.05, 3.63) is 59.3 Å². The Hall–Kier alpha value is -3.91. The van der Waals surface area contributed by atoms with Gasteiger partial charge in [0.05, 0.1) is 24.6 Å². The number of benzene rings is 1. The molecule has 1 aliphatic heterocycles. The number of hydrogen-bond acceptors (Lipinski definition) is 6. The van der Waals surface area contributed by atoms with Crippen LogP contribution in [0.3, 0.4) is 0 Å². The zero-order valence-electron chi connectivity index (χ0n) is 17.6. The quantitative estimate of drug-likeness (QED) is 0.647. The first-order chi connectivity index (χ1) is 15.8. The highest BCUT2D eigenvalue weighted by Gasteiger charge is 2.31. The smallest absolute Gasteiger partial charge is 0.277 e. The maximum atomic E-state index is 15.6. The lowest BCUT2D eigenvalue weighted by molar-refractivity contribution is 0.0698. The molecule has 0 bridgehead atoms. The van der Waals surface area contributed by atoms with E-state index in [1.54, 1.807) is 6.07 Å². The molecule has 1 atom stereocenters. The third kappa shape index (κ3) is 4.12. The van der Waals surface area contributed by atoms with Crippen LogP contribution in [0.25, 0.3) is 17.1 Å². The zero-order valence-corrected chi connectivity index (χ0v) is 17.6. The van der Waals surface area contributed by atoms with E-state index >= 15 is 4.39 Å². The molecule has 0 spiro atoms. The molecule has 3 heterocycles. The first-order valence-electron chi connectivity index (χ1n) is 10.1. The number of likely N-dealkylation sites (tertiary alicyclic amines) is 1. The van der Waals surface area contributed by atoms with E-state index in [-0.39, 0.29) is 41.1 Å². The van der Waals surface area contributed by atoms with Crippen LogP contribution in [0.5, 0.6) is 5.88 Å². The lowest BCUT2D eigenvalue weighted by Gasteiger charge is -2.30. The van der Waals surface area contributed by atoms with E-state index in [0.717, 1.165) is 29.3 Å². The van der Waals surface area contributed by atoms with Crippen molar-refractivity contribution in [2.24, 2.45) is 5.73 Å². The number of halogens is 3. The summed E-state index contributed by atoms with van der Waals surface area (Å²) in [4.78, 5) is 22.4. The molecule has 8 nitrogen and oxygen atoms in total. The molecule has 1 fully saturated rings. The summed E-state index contributed by atoms with van der Waals surface area (Å²) in [5.41, 5.74) is 5.20. The number of nitrogens with zero attached hydrogens (tertiary/aromatic N) is 5. The van der Waals surface area contributed by atoms with Crippen molar-refractivity contribution in [2.45, 2.75) is 18.9 Å². The number of nitriles is 1. The van der Waals surface area contributed by atoms with Crippen LogP contribution in [0.1, 0.15) is 28.9 Å². The van der Waals surface area contributed by atoms with Gasteiger partial charge in [0.2, 0.25) is 11.8 Å². The standard InChI is InChI=1S/C22H19F3N6O2/c1-33-21-17(24)8-15(10-28-21)31-19(25)18(22(32)30-6-2-3-14(27)11-30)29-20(31)12-4-5-13(9-26)16(23)7-12/h4-5,7-8,10,14H,2-3,6,11,27H2,1H3/t14-/m1/s1. The summed E-state index contributed by atoms with van der Waals surface area (Å²) in [6.45, 7) is 0.628. The molecule has 11 heteroatoms. The lowest BCUT2D eigenvalue weighted by atomic mass is 10.1. The van der Waals surface area contributed by atoms with Crippen molar-refractivity contribution in [1.82, 2.24) is 19.4 Å². The number of nitrogens with two attached hydrogens (primary N) is 1. The second-order valence-corrected chi connectivity index (χ2v) is 7.55. The van der Waals surface area contributed by atoms with E-state index in [1.807, 2.05) is 0 Å². The molecule has 1 aliphatic rings. The van der Waals surface area contributed by atoms with Crippen LogP contribution in [0.15, 0.2) is 30.5 Å². The Balaban J connectivity index is 1.88. The molecule has 4 rings (SSSR count). The summed E-state index contributed by atoms with van der Waals surface area (Å²) in [6, 6.07) is 5.99. The fourth-order valence-electron chi connectivity index (χ4n) is 3.74. The van der Waals surface area contributed by atoms with Gasteiger partial charge < -0.3 is 15.4 Å². The minimum absolute atomic E-state index is 0.0796. The molecule has 2 N–H and O–H groups in total. The molecular weight excluding hydrogens is 437 g/mol. The Morgan fingerprint density at radius 2 is 2.06 bits per heavy atom. The number of imidazole rings is 1.